The van der Waals surface area contributed by atoms with Crippen molar-refractivity contribution < 1.29 is 14.6 Å². The second-order valence-corrected chi connectivity index (χ2v) is 5.99. The summed E-state index contributed by atoms with van der Waals surface area (Å²) in [5.41, 5.74) is 0.172. The fourth-order valence-electron chi connectivity index (χ4n) is 2.52. The molecule has 1 aromatic rings. The highest BCUT2D eigenvalue weighted by molar-refractivity contribution is 5.78. The molecule has 0 fully saturated rings. The number of benzene rings is 1. The molecule has 1 rings (SSSR count). The molecule has 1 aromatic carbocycles. The van der Waals surface area contributed by atoms with Crippen LogP contribution in [0.25, 0.3) is 0 Å². The highest BCUT2D eigenvalue weighted by atomic mass is 16.5. The minimum Gasteiger partial charge on any atom is -0.490 e. The lowest BCUT2D eigenvalue weighted by molar-refractivity contribution is -0.145. The van der Waals surface area contributed by atoms with E-state index in [1.54, 1.807) is 6.92 Å². The lowest BCUT2D eigenvalue weighted by atomic mass is 9.94. The van der Waals surface area contributed by atoms with Gasteiger partial charge in [-0.05, 0) is 37.9 Å². The molecule has 0 radical (unpaired) electrons. The first-order chi connectivity index (χ1) is 9.80. The number of hydrogen-bond acceptors (Lipinski definition) is 3. The standard InChI is InChI=1S/C17H27NO3/c1-6-18-17(5,16(19)20)11-13(4)21-15-10-8-7-9-14(15)12(2)3/h7-10,12-13,18H,6,11H2,1-5H3,(H,19,20). The Labute approximate surface area is 127 Å². The Bertz CT molecular complexity index is 473. The smallest absolute Gasteiger partial charge is 0.323 e. The third-order valence-electron chi connectivity index (χ3n) is 3.60. The number of aliphatic carboxylic acids is 1. The molecule has 2 atom stereocenters. The Morgan fingerprint density at radius 3 is 2.48 bits per heavy atom. The van der Waals surface area contributed by atoms with E-state index in [0.29, 0.717) is 18.9 Å². The summed E-state index contributed by atoms with van der Waals surface area (Å²) in [6.45, 7) is 10.4. The van der Waals surface area contributed by atoms with Crippen LogP contribution in [0.3, 0.4) is 0 Å². The average Bonchev–Trinajstić information content (AvgIpc) is 2.38. The van der Waals surface area contributed by atoms with E-state index in [2.05, 4.69) is 19.2 Å². The van der Waals surface area contributed by atoms with E-state index in [4.69, 9.17) is 4.74 Å². The number of carboxylic acid groups (broad SMARTS) is 1. The Morgan fingerprint density at radius 1 is 1.33 bits per heavy atom. The number of hydrogen-bond donors (Lipinski definition) is 2. The molecule has 4 heteroatoms. The second kappa shape index (κ2) is 7.46. The van der Waals surface area contributed by atoms with Crippen molar-refractivity contribution in [1.82, 2.24) is 5.32 Å². The van der Waals surface area contributed by atoms with Crippen molar-refractivity contribution in [2.75, 3.05) is 6.54 Å². The molecule has 0 aliphatic carbocycles. The number of carbonyl (C=O) groups is 1. The molecule has 0 aliphatic rings. The van der Waals surface area contributed by atoms with Crippen LogP contribution in [-0.4, -0.2) is 29.3 Å². The summed E-state index contributed by atoms with van der Waals surface area (Å²) in [5, 5.41) is 12.4. The molecule has 4 nitrogen and oxygen atoms in total. The van der Waals surface area contributed by atoms with Gasteiger partial charge in [0.2, 0.25) is 0 Å². The van der Waals surface area contributed by atoms with Crippen LogP contribution in [0.15, 0.2) is 24.3 Å². The molecule has 2 N–H and O–H groups in total. The van der Waals surface area contributed by atoms with Crippen LogP contribution >= 0.6 is 0 Å². The first kappa shape index (κ1) is 17.5. The third kappa shape index (κ3) is 4.74. The number of rotatable bonds is 8. The van der Waals surface area contributed by atoms with Crippen LogP contribution in [0.4, 0.5) is 0 Å². The van der Waals surface area contributed by atoms with Crippen molar-refractivity contribution in [3.8, 4) is 5.75 Å². The summed E-state index contributed by atoms with van der Waals surface area (Å²) in [4.78, 5) is 11.5. The van der Waals surface area contributed by atoms with Gasteiger partial charge in [0, 0.05) is 6.42 Å². The number of nitrogens with one attached hydrogen (secondary N) is 1. The van der Waals surface area contributed by atoms with E-state index < -0.39 is 11.5 Å². The van der Waals surface area contributed by atoms with Gasteiger partial charge in [0.15, 0.2) is 0 Å². The molecule has 2 unspecified atom stereocenters. The maximum atomic E-state index is 11.5. The quantitative estimate of drug-likeness (QED) is 0.771. The van der Waals surface area contributed by atoms with Crippen LogP contribution in [0.1, 0.15) is 52.5 Å². The topological polar surface area (TPSA) is 58.6 Å². The van der Waals surface area contributed by atoms with E-state index in [1.807, 2.05) is 38.1 Å². The summed E-state index contributed by atoms with van der Waals surface area (Å²) in [7, 11) is 0. The van der Waals surface area contributed by atoms with Gasteiger partial charge in [0.05, 0.1) is 6.10 Å². The molecule has 0 bridgehead atoms. The maximum Gasteiger partial charge on any atom is 0.323 e. The maximum absolute atomic E-state index is 11.5. The lowest BCUT2D eigenvalue weighted by Gasteiger charge is -2.29. The van der Waals surface area contributed by atoms with E-state index in [0.717, 1.165) is 11.3 Å². The number of carboxylic acids is 1. The number of likely N-dealkylation sites (N-methyl/N-ethyl adjacent to an activating group) is 1. The molecular weight excluding hydrogens is 266 g/mol. The summed E-state index contributed by atoms with van der Waals surface area (Å²) in [5.74, 6) is 0.356. The lowest BCUT2D eigenvalue weighted by Crippen LogP contribution is -2.51. The van der Waals surface area contributed by atoms with Gasteiger partial charge in [-0.1, -0.05) is 39.0 Å². The first-order valence-electron chi connectivity index (χ1n) is 7.54. The zero-order chi connectivity index (χ0) is 16.0. The fraction of sp³-hybridized carbons (Fsp3) is 0.588. The van der Waals surface area contributed by atoms with E-state index in [1.165, 1.54) is 0 Å². The molecule has 0 heterocycles. The van der Waals surface area contributed by atoms with Gasteiger partial charge in [-0.15, -0.1) is 0 Å². The first-order valence-corrected chi connectivity index (χ1v) is 7.54. The third-order valence-corrected chi connectivity index (χ3v) is 3.60. The fourth-order valence-corrected chi connectivity index (χ4v) is 2.52. The SMILES string of the molecule is CCNC(C)(CC(C)Oc1ccccc1C(C)C)C(=O)O. The van der Waals surface area contributed by atoms with Gasteiger partial charge >= 0.3 is 5.97 Å². The van der Waals surface area contributed by atoms with Crippen molar-refractivity contribution in [1.29, 1.82) is 0 Å². The molecule has 0 spiro atoms. The zero-order valence-corrected chi connectivity index (χ0v) is 13.6. The van der Waals surface area contributed by atoms with Gasteiger partial charge < -0.3 is 15.2 Å². The summed E-state index contributed by atoms with van der Waals surface area (Å²) >= 11 is 0. The molecule has 0 aliphatic heterocycles. The predicted molar refractivity (Wildman–Crippen MR) is 85.0 cm³/mol. The molecule has 0 aromatic heterocycles. The summed E-state index contributed by atoms with van der Waals surface area (Å²) in [6, 6.07) is 7.92. The van der Waals surface area contributed by atoms with Crippen LogP contribution < -0.4 is 10.1 Å². The summed E-state index contributed by atoms with van der Waals surface area (Å²) in [6.07, 6.45) is 0.216. The Balaban J connectivity index is 2.82. The largest absolute Gasteiger partial charge is 0.490 e. The zero-order valence-electron chi connectivity index (χ0n) is 13.6. The monoisotopic (exact) mass is 293 g/mol. The van der Waals surface area contributed by atoms with Crippen LogP contribution in [0, 0.1) is 0 Å². The highest BCUT2D eigenvalue weighted by Crippen LogP contribution is 2.28. The van der Waals surface area contributed by atoms with Gasteiger partial charge in [0.25, 0.3) is 0 Å². The molecule has 21 heavy (non-hydrogen) atoms. The van der Waals surface area contributed by atoms with Crippen LogP contribution in [0.2, 0.25) is 0 Å². The Kier molecular flexibility index (Phi) is 6.21. The Hall–Kier alpha value is -1.55. The van der Waals surface area contributed by atoms with E-state index >= 15 is 0 Å². The van der Waals surface area contributed by atoms with Crippen LogP contribution in [-0.2, 0) is 4.79 Å². The average molecular weight is 293 g/mol. The number of para-hydroxylation sites is 1. The van der Waals surface area contributed by atoms with Gasteiger partial charge in [-0.25, -0.2) is 0 Å². The Morgan fingerprint density at radius 2 is 1.95 bits per heavy atom. The van der Waals surface area contributed by atoms with Crippen LogP contribution in [0.5, 0.6) is 5.75 Å². The predicted octanol–water partition coefficient (Wildman–Crippen LogP) is 3.42. The van der Waals surface area contributed by atoms with Crippen molar-refractivity contribution in [2.45, 2.75) is 58.6 Å². The molecule has 118 valence electrons. The van der Waals surface area contributed by atoms with Crippen molar-refractivity contribution in [3.05, 3.63) is 29.8 Å². The minimum absolute atomic E-state index is 0.190. The molecule has 0 saturated carbocycles. The number of ether oxygens (including phenoxy) is 1. The second-order valence-electron chi connectivity index (χ2n) is 5.99. The molecule has 0 amide bonds. The minimum atomic E-state index is -0.971. The highest BCUT2D eigenvalue weighted by Gasteiger charge is 2.34. The van der Waals surface area contributed by atoms with Crippen molar-refractivity contribution >= 4 is 5.97 Å². The van der Waals surface area contributed by atoms with E-state index in [-0.39, 0.29) is 6.10 Å². The van der Waals surface area contributed by atoms with Crippen molar-refractivity contribution in [3.63, 3.8) is 0 Å². The van der Waals surface area contributed by atoms with E-state index in [9.17, 15) is 9.90 Å². The van der Waals surface area contributed by atoms with Gasteiger partial charge in [-0.2, -0.15) is 0 Å². The molecule has 0 saturated heterocycles. The van der Waals surface area contributed by atoms with Crippen molar-refractivity contribution in [2.24, 2.45) is 0 Å². The normalized spacial score (nSPS) is 15.5. The van der Waals surface area contributed by atoms with Gasteiger partial charge in [0.1, 0.15) is 11.3 Å². The van der Waals surface area contributed by atoms with Gasteiger partial charge in [-0.3, -0.25) is 4.79 Å². The molecular formula is C17H27NO3. The summed E-state index contributed by atoms with van der Waals surface area (Å²) < 4.78 is 6.00.